The van der Waals surface area contributed by atoms with Gasteiger partial charge in [0.1, 0.15) is 12.4 Å². The molecule has 1 aliphatic carbocycles. The normalized spacial score (nSPS) is 16.1. The van der Waals surface area contributed by atoms with Gasteiger partial charge in [-0.05, 0) is 30.9 Å². The second-order valence-corrected chi connectivity index (χ2v) is 5.89. The van der Waals surface area contributed by atoms with Gasteiger partial charge in [0.15, 0.2) is 0 Å². The van der Waals surface area contributed by atoms with Crippen molar-refractivity contribution in [2.75, 3.05) is 6.54 Å². The molecule has 112 valence electrons. The molecule has 1 N–H and O–H groups in total. The summed E-state index contributed by atoms with van der Waals surface area (Å²) < 4.78 is 7.69. The van der Waals surface area contributed by atoms with Crippen molar-refractivity contribution in [3.05, 3.63) is 36.7 Å². The van der Waals surface area contributed by atoms with Crippen LogP contribution < -0.4 is 10.1 Å². The first-order valence-electron chi connectivity index (χ1n) is 7.59. The molecule has 21 heavy (non-hydrogen) atoms. The zero-order valence-electron chi connectivity index (χ0n) is 12.6. The molecule has 1 heterocycles. The predicted molar refractivity (Wildman–Crippen MR) is 81.6 cm³/mol. The third kappa shape index (κ3) is 3.82. The molecule has 1 atom stereocenters. The smallest absolute Gasteiger partial charge is 0.336 e. The van der Waals surface area contributed by atoms with Gasteiger partial charge in [-0.25, -0.2) is 4.68 Å². The van der Waals surface area contributed by atoms with E-state index in [1.165, 1.54) is 12.8 Å². The van der Waals surface area contributed by atoms with E-state index in [4.69, 9.17) is 4.74 Å². The Morgan fingerprint density at radius 1 is 1.29 bits per heavy atom. The first-order chi connectivity index (χ1) is 10.2. The lowest BCUT2D eigenvalue weighted by molar-refractivity contribution is 0.135. The van der Waals surface area contributed by atoms with Crippen LogP contribution in [-0.2, 0) is 0 Å². The summed E-state index contributed by atoms with van der Waals surface area (Å²) in [5.41, 5.74) is 0.983. The van der Waals surface area contributed by atoms with E-state index < -0.39 is 0 Å². The molecule has 0 amide bonds. The van der Waals surface area contributed by atoms with Crippen LogP contribution in [0.15, 0.2) is 36.7 Å². The maximum atomic E-state index is 5.95. The Morgan fingerprint density at radius 3 is 2.71 bits per heavy atom. The van der Waals surface area contributed by atoms with Crippen molar-refractivity contribution < 1.29 is 4.74 Å². The molecule has 0 spiro atoms. The highest BCUT2D eigenvalue weighted by molar-refractivity contribution is 5.29. The minimum absolute atomic E-state index is 0.0947. The number of nitrogens with one attached hydrogen (secondary N) is 1. The monoisotopic (exact) mass is 286 g/mol. The molecule has 1 aliphatic rings. The van der Waals surface area contributed by atoms with Gasteiger partial charge in [-0.15, -0.1) is 5.10 Å². The Kier molecular flexibility index (Phi) is 4.20. The second kappa shape index (κ2) is 6.26. The Hall–Kier alpha value is -1.88. The Bertz CT molecular complexity index is 563. The average Bonchev–Trinajstić information content (AvgIpc) is 3.21. The number of rotatable bonds is 7. The van der Waals surface area contributed by atoms with Gasteiger partial charge in [0, 0.05) is 12.6 Å². The Labute approximate surface area is 125 Å². The second-order valence-electron chi connectivity index (χ2n) is 5.89. The number of hydrogen-bond donors (Lipinski definition) is 1. The van der Waals surface area contributed by atoms with E-state index in [2.05, 4.69) is 29.2 Å². The van der Waals surface area contributed by atoms with Gasteiger partial charge < -0.3 is 10.1 Å². The van der Waals surface area contributed by atoms with Crippen LogP contribution in [0.4, 0.5) is 0 Å². The molecule has 1 aromatic heterocycles. The molecular weight excluding hydrogens is 264 g/mol. The highest BCUT2D eigenvalue weighted by atomic mass is 16.5. The van der Waals surface area contributed by atoms with E-state index in [-0.39, 0.29) is 6.10 Å². The first-order valence-corrected chi connectivity index (χ1v) is 7.59. The minimum Gasteiger partial charge on any atom is -0.457 e. The van der Waals surface area contributed by atoms with Crippen LogP contribution in [0.1, 0.15) is 26.7 Å². The summed E-state index contributed by atoms with van der Waals surface area (Å²) in [6.07, 6.45) is 4.35. The standard InChI is InChI=1S/C16H22N4O/c1-12(2)15(10-17-13-8-9-13)21-16-18-11-20(19-16)14-6-4-3-5-7-14/h3-7,11-13,15,17H,8-10H2,1-2H3. The van der Waals surface area contributed by atoms with Crippen LogP contribution in [0.5, 0.6) is 6.01 Å². The van der Waals surface area contributed by atoms with Gasteiger partial charge in [0.05, 0.1) is 5.69 Å². The molecule has 1 saturated carbocycles. The summed E-state index contributed by atoms with van der Waals surface area (Å²) in [4.78, 5) is 4.26. The molecule has 5 nitrogen and oxygen atoms in total. The van der Waals surface area contributed by atoms with Crippen LogP contribution in [0.3, 0.4) is 0 Å². The lowest BCUT2D eigenvalue weighted by Crippen LogP contribution is -2.36. The molecule has 3 rings (SSSR count). The van der Waals surface area contributed by atoms with Gasteiger partial charge >= 0.3 is 6.01 Å². The maximum absolute atomic E-state index is 5.95. The fourth-order valence-corrected chi connectivity index (χ4v) is 2.13. The number of para-hydroxylation sites is 1. The lowest BCUT2D eigenvalue weighted by atomic mass is 10.1. The molecule has 5 heteroatoms. The largest absolute Gasteiger partial charge is 0.457 e. The van der Waals surface area contributed by atoms with E-state index in [0.29, 0.717) is 18.0 Å². The third-order valence-electron chi connectivity index (χ3n) is 3.68. The average molecular weight is 286 g/mol. The molecule has 0 aliphatic heterocycles. The molecule has 0 bridgehead atoms. The fraction of sp³-hybridized carbons (Fsp3) is 0.500. The number of ether oxygens (including phenoxy) is 1. The summed E-state index contributed by atoms with van der Waals surface area (Å²) >= 11 is 0. The van der Waals surface area contributed by atoms with E-state index >= 15 is 0 Å². The fourth-order valence-electron chi connectivity index (χ4n) is 2.13. The summed E-state index contributed by atoms with van der Waals surface area (Å²) in [6, 6.07) is 11.1. The van der Waals surface area contributed by atoms with Crippen molar-refractivity contribution >= 4 is 0 Å². The molecule has 0 radical (unpaired) electrons. The SMILES string of the molecule is CC(C)C(CNC1CC1)Oc1ncn(-c2ccccc2)n1. The van der Waals surface area contributed by atoms with E-state index in [9.17, 15) is 0 Å². The van der Waals surface area contributed by atoms with E-state index in [1.54, 1.807) is 11.0 Å². The third-order valence-corrected chi connectivity index (χ3v) is 3.68. The summed E-state index contributed by atoms with van der Waals surface area (Å²) in [6.45, 7) is 5.17. The van der Waals surface area contributed by atoms with E-state index in [1.807, 2.05) is 30.3 Å². The number of aromatic nitrogens is 3. The highest BCUT2D eigenvalue weighted by Crippen LogP contribution is 2.19. The number of hydrogen-bond acceptors (Lipinski definition) is 4. The lowest BCUT2D eigenvalue weighted by Gasteiger charge is -2.20. The van der Waals surface area contributed by atoms with Crippen molar-refractivity contribution in [3.8, 4) is 11.7 Å². The van der Waals surface area contributed by atoms with Crippen molar-refractivity contribution in [2.24, 2.45) is 5.92 Å². The van der Waals surface area contributed by atoms with Gasteiger partial charge in [-0.2, -0.15) is 4.98 Å². The van der Waals surface area contributed by atoms with Crippen LogP contribution in [0.25, 0.3) is 5.69 Å². The van der Waals surface area contributed by atoms with Crippen LogP contribution in [-0.4, -0.2) is 33.5 Å². The van der Waals surface area contributed by atoms with Gasteiger partial charge in [-0.3, -0.25) is 0 Å². The molecule has 1 aromatic carbocycles. The van der Waals surface area contributed by atoms with Crippen LogP contribution in [0.2, 0.25) is 0 Å². The Morgan fingerprint density at radius 2 is 2.05 bits per heavy atom. The summed E-state index contributed by atoms with van der Waals surface area (Å²) in [5, 5.41) is 7.91. The molecule has 1 unspecified atom stereocenters. The number of benzene rings is 1. The number of nitrogens with zero attached hydrogens (tertiary/aromatic N) is 3. The topological polar surface area (TPSA) is 52.0 Å². The zero-order chi connectivity index (χ0) is 14.7. The zero-order valence-corrected chi connectivity index (χ0v) is 12.6. The summed E-state index contributed by atoms with van der Waals surface area (Å²) in [5.74, 6) is 0.417. The highest BCUT2D eigenvalue weighted by Gasteiger charge is 2.24. The van der Waals surface area contributed by atoms with E-state index in [0.717, 1.165) is 12.2 Å². The predicted octanol–water partition coefficient (Wildman–Crippen LogP) is 2.42. The Balaban J connectivity index is 1.64. The quantitative estimate of drug-likeness (QED) is 0.849. The first kappa shape index (κ1) is 14.1. The van der Waals surface area contributed by atoms with Crippen molar-refractivity contribution in [2.45, 2.75) is 38.8 Å². The van der Waals surface area contributed by atoms with Gasteiger partial charge in [-0.1, -0.05) is 32.0 Å². The van der Waals surface area contributed by atoms with Crippen molar-refractivity contribution in [1.82, 2.24) is 20.1 Å². The minimum atomic E-state index is 0.0947. The van der Waals surface area contributed by atoms with Crippen LogP contribution >= 0.6 is 0 Å². The summed E-state index contributed by atoms with van der Waals surface area (Å²) in [7, 11) is 0. The van der Waals surface area contributed by atoms with Gasteiger partial charge in [0.2, 0.25) is 0 Å². The molecule has 2 aromatic rings. The van der Waals surface area contributed by atoms with Crippen molar-refractivity contribution in [1.29, 1.82) is 0 Å². The van der Waals surface area contributed by atoms with Crippen molar-refractivity contribution in [3.63, 3.8) is 0 Å². The molecular formula is C16H22N4O. The molecule has 0 saturated heterocycles. The van der Waals surface area contributed by atoms with Gasteiger partial charge in [0.25, 0.3) is 0 Å². The maximum Gasteiger partial charge on any atom is 0.336 e. The van der Waals surface area contributed by atoms with Crippen LogP contribution in [0, 0.1) is 5.92 Å². The molecule has 1 fully saturated rings.